The molecule has 3 fully saturated rings. The highest BCUT2D eigenvalue weighted by molar-refractivity contribution is 6.03. The summed E-state index contributed by atoms with van der Waals surface area (Å²) in [5.74, 6) is -0.719. The molecule has 7 unspecified atom stereocenters. The Balaban J connectivity index is 1.54. The molecule has 6 rings (SSSR count). The van der Waals surface area contributed by atoms with E-state index in [2.05, 4.69) is 18.0 Å². The molecule has 52 heavy (non-hydrogen) atoms. The molecule has 2 aliphatic heterocycles. The quantitative estimate of drug-likeness (QED) is 0.103. The number of allylic oxidation sites excluding steroid dienone is 1. The van der Waals surface area contributed by atoms with Crippen LogP contribution in [0.1, 0.15) is 95.5 Å². The lowest BCUT2D eigenvalue weighted by Crippen LogP contribution is -2.69. The number of fused-ring (bicyclic) bond motifs is 2. The van der Waals surface area contributed by atoms with Crippen LogP contribution in [-0.4, -0.2) is 91.0 Å². The zero-order chi connectivity index (χ0) is 36.7. The van der Waals surface area contributed by atoms with Crippen LogP contribution in [0.3, 0.4) is 0 Å². The Morgan fingerprint density at radius 1 is 1.12 bits per heavy atom. The average molecular weight is 724 g/mol. The van der Waals surface area contributed by atoms with E-state index >= 15 is 0 Å². The number of ether oxygens (including phenoxy) is 4. The monoisotopic (exact) mass is 723 g/mol. The van der Waals surface area contributed by atoms with Crippen LogP contribution < -0.4 is 14.8 Å². The molecule has 12 heteroatoms. The molecular formula is C40H57N3O9. The van der Waals surface area contributed by atoms with E-state index in [1.54, 1.807) is 12.1 Å². The third-order valence-electron chi connectivity index (χ3n) is 11.3. The highest BCUT2D eigenvalue weighted by Crippen LogP contribution is 2.62. The van der Waals surface area contributed by atoms with Gasteiger partial charge in [-0.3, -0.25) is 4.79 Å². The minimum atomic E-state index is -1.30. The van der Waals surface area contributed by atoms with Gasteiger partial charge in [-0.25, -0.2) is 4.79 Å². The van der Waals surface area contributed by atoms with Crippen molar-refractivity contribution in [2.24, 2.45) is 28.8 Å². The van der Waals surface area contributed by atoms with E-state index in [4.69, 9.17) is 28.9 Å². The normalized spacial score (nSPS) is 29.9. The zero-order valence-corrected chi connectivity index (χ0v) is 30.8. The van der Waals surface area contributed by atoms with E-state index < -0.39 is 30.1 Å². The van der Waals surface area contributed by atoms with Crippen LogP contribution in [-0.2, 0) is 19.1 Å². The topological polar surface area (TPSA) is 148 Å². The molecule has 5 aliphatic rings. The van der Waals surface area contributed by atoms with E-state index in [1.807, 2.05) is 31.0 Å². The molecule has 0 radical (unpaired) electrons. The van der Waals surface area contributed by atoms with Crippen LogP contribution in [0.2, 0.25) is 0 Å². The highest BCUT2D eigenvalue weighted by atomic mass is 16.8. The number of unbranched alkanes of at least 4 members (excludes halogenated alkanes) is 2. The van der Waals surface area contributed by atoms with Crippen LogP contribution in [0.4, 0.5) is 4.79 Å². The fourth-order valence-electron chi connectivity index (χ4n) is 8.77. The smallest absolute Gasteiger partial charge is 0.412 e. The second kappa shape index (κ2) is 17.6. The van der Waals surface area contributed by atoms with Gasteiger partial charge in [-0.2, -0.15) is 0 Å². The molecule has 286 valence electrons. The van der Waals surface area contributed by atoms with Crippen molar-refractivity contribution in [3.63, 3.8) is 0 Å². The molecule has 0 aromatic heterocycles. The van der Waals surface area contributed by atoms with Gasteiger partial charge in [0.15, 0.2) is 0 Å². The third-order valence-corrected chi connectivity index (χ3v) is 11.3. The number of benzene rings is 1. The summed E-state index contributed by atoms with van der Waals surface area (Å²) in [7, 11) is 1.85. The van der Waals surface area contributed by atoms with Gasteiger partial charge in [-0.1, -0.05) is 30.1 Å². The predicted molar refractivity (Wildman–Crippen MR) is 195 cm³/mol. The van der Waals surface area contributed by atoms with Crippen LogP contribution in [0.15, 0.2) is 47.7 Å². The van der Waals surface area contributed by atoms with Gasteiger partial charge in [0.05, 0.1) is 24.8 Å². The first-order valence-corrected chi connectivity index (χ1v) is 19.4. The number of likely N-dealkylation sites (N-methyl/N-ethyl adjacent to an activating group) is 1. The average Bonchev–Trinajstić information content (AvgIpc) is 4.00. The lowest BCUT2D eigenvalue weighted by Gasteiger charge is -2.59. The first-order valence-electron chi connectivity index (χ1n) is 19.4. The maximum Gasteiger partial charge on any atom is 0.412 e. The fourth-order valence-corrected chi connectivity index (χ4v) is 8.77. The summed E-state index contributed by atoms with van der Waals surface area (Å²) in [6.45, 7) is 7.28. The van der Waals surface area contributed by atoms with Crippen LogP contribution in [0.5, 0.6) is 11.5 Å². The van der Waals surface area contributed by atoms with E-state index in [0.717, 1.165) is 74.6 Å². The second-order valence-electron chi connectivity index (χ2n) is 14.8. The Labute approximate surface area is 307 Å². The SMILES string of the molecule is C=CCOC12Oc3ccc(OC(=O)NCC)cc3C3C(CCCCO)C(CCCCO)C=C(C(=NOC4CCCCO4)CC1N(C)C(=O)C1CC1)C32. The lowest BCUT2D eigenvalue weighted by atomic mass is 9.55. The highest BCUT2D eigenvalue weighted by Gasteiger charge is 2.65. The molecule has 3 N–H and O–H groups in total. The molecule has 2 heterocycles. The third kappa shape index (κ3) is 8.20. The van der Waals surface area contributed by atoms with Crippen LogP contribution >= 0.6 is 0 Å². The number of hydrogen-bond donors (Lipinski definition) is 3. The van der Waals surface area contributed by atoms with Gasteiger partial charge in [0.2, 0.25) is 18.0 Å². The van der Waals surface area contributed by atoms with E-state index in [0.29, 0.717) is 43.9 Å². The number of aliphatic hydroxyl groups is 2. The van der Waals surface area contributed by atoms with Gasteiger partial charge in [0, 0.05) is 57.0 Å². The summed E-state index contributed by atoms with van der Waals surface area (Å²) in [5.41, 5.74) is 2.59. The van der Waals surface area contributed by atoms with Crippen LogP contribution in [0, 0.1) is 23.7 Å². The first kappa shape index (κ1) is 38.3. The predicted octanol–water partition coefficient (Wildman–Crippen LogP) is 5.82. The molecule has 2 saturated carbocycles. The van der Waals surface area contributed by atoms with Gasteiger partial charge >= 0.3 is 6.09 Å². The number of aliphatic hydroxyl groups excluding tert-OH is 2. The number of carbonyl (C=O) groups excluding carboxylic acids is 2. The number of oxime groups is 1. The van der Waals surface area contributed by atoms with Crippen LogP contribution in [0.25, 0.3) is 0 Å². The van der Waals surface area contributed by atoms with Gasteiger partial charge in [-0.05, 0) is 93.9 Å². The van der Waals surface area contributed by atoms with E-state index in [1.165, 1.54) is 0 Å². The minimum Gasteiger partial charge on any atom is -0.459 e. The molecular weight excluding hydrogens is 666 g/mol. The first-order chi connectivity index (χ1) is 25.3. The van der Waals surface area contributed by atoms with Crippen molar-refractivity contribution in [3.8, 4) is 11.5 Å². The summed E-state index contributed by atoms with van der Waals surface area (Å²) in [6.07, 6.45) is 12.5. The summed E-state index contributed by atoms with van der Waals surface area (Å²) in [5, 5.41) is 27.1. The summed E-state index contributed by atoms with van der Waals surface area (Å²) >= 11 is 0. The maximum atomic E-state index is 13.9. The molecule has 1 saturated heterocycles. The van der Waals surface area contributed by atoms with E-state index in [-0.39, 0.29) is 49.4 Å². The summed E-state index contributed by atoms with van der Waals surface area (Å²) < 4.78 is 25.7. The molecule has 1 aromatic rings. The van der Waals surface area contributed by atoms with Crippen molar-refractivity contribution in [2.45, 2.75) is 108 Å². The van der Waals surface area contributed by atoms with Crippen molar-refractivity contribution in [1.82, 2.24) is 10.2 Å². The maximum absolute atomic E-state index is 13.9. The van der Waals surface area contributed by atoms with Gasteiger partial charge in [0.1, 0.15) is 17.5 Å². The van der Waals surface area contributed by atoms with Crippen molar-refractivity contribution >= 4 is 17.7 Å². The molecule has 7 atom stereocenters. The Morgan fingerprint density at radius 2 is 1.90 bits per heavy atom. The molecule has 0 bridgehead atoms. The number of amides is 2. The Bertz CT molecular complexity index is 1470. The zero-order valence-electron chi connectivity index (χ0n) is 30.8. The van der Waals surface area contributed by atoms with Crippen molar-refractivity contribution in [3.05, 3.63) is 48.1 Å². The standard InChI is InChI=1S/C40H57N3O9/c1-4-21-49-40-34(43(3)38(46)26-15-16-26)25-32(42-52-35-14-8-11-22-48-35)30-23-27(12-6-9-19-44)29(13-7-10-20-45)36(37(30)40)31-24-28(17-18-33(31)51-40)50-39(47)41-5-2/h4,17-18,23-24,26-27,29,34-37,44-45H,1,5-16,19-22,25H2,2-3H3,(H,41,47). The van der Waals surface area contributed by atoms with Gasteiger partial charge in [-0.15, -0.1) is 6.58 Å². The number of carbonyl (C=O) groups is 2. The Hall–Kier alpha value is -3.45. The van der Waals surface area contributed by atoms with Crippen molar-refractivity contribution in [1.29, 1.82) is 0 Å². The lowest BCUT2D eigenvalue weighted by molar-refractivity contribution is -0.256. The molecule has 1 aromatic carbocycles. The number of hydrogen-bond acceptors (Lipinski definition) is 10. The molecule has 3 aliphatic carbocycles. The van der Waals surface area contributed by atoms with Crippen molar-refractivity contribution in [2.75, 3.05) is 40.0 Å². The van der Waals surface area contributed by atoms with Gasteiger partial charge < -0.3 is 44.2 Å². The second-order valence-corrected chi connectivity index (χ2v) is 14.8. The van der Waals surface area contributed by atoms with E-state index in [9.17, 15) is 19.8 Å². The number of nitrogens with zero attached hydrogens (tertiary/aromatic N) is 2. The molecule has 2 amide bonds. The van der Waals surface area contributed by atoms with Crippen molar-refractivity contribution < 1.29 is 43.6 Å². The van der Waals surface area contributed by atoms with Gasteiger partial charge in [0.25, 0.3) is 0 Å². The largest absolute Gasteiger partial charge is 0.459 e. The number of nitrogens with one attached hydrogen (secondary N) is 1. The number of rotatable bonds is 17. The Kier molecular flexibility index (Phi) is 12.9. The minimum absolute atomic E-state index is 0.0280. The Morgan fingerprint density at radius 3 is 2.60 bits per heavy atom. The summed E-state index contributed by atoms with van der Waals surface area (Å²) in [4.78, 5) is 34.5. The fraction of sp³-hybridized carbons (Fsp3) is 0.675. The summed E-state index contributed by atoms with van der Waals surface area (Å²) in [6, 6.07) is 4.93. The molecule has 12 nitrogen and oxygen atoms in total. The molecule has 0 spiro atoms.